The van der Waals surface area contributed by atoms with Crippen LogP contribution in [0.5, 0.6) is 5.88 Å². The van der Waals surface area contributed by atoms with Gasteiger partial charge in [-0.1, -0.05) is 6.07 Å². The molecule has 152 valence electrons. The molecule has 0 atom stereocenters. The maximum Gasteiger partial charge on any atom is 0.335 e. The van der Waals surface area contributed by atoms with Crippen molar-refractivity contribution in [2.45, 2.75) is 19.4 Å². The van der Waals surface area contributed by atoms with Crippen LogP contribution in [0.15, 0.2) is 32.8 Å². The SMILES string of the molecule is Cc1ccc(-n2c(O)c(C=NC34CN5CN(CN(C5)C3)C4)c(=O)[nH]c2=O)cc1C. The minimum absolute atomic E-state index is 0.00132. The van der Waals surface area contributed by atoms with Crippen LogP contribution in [0.1, 0.15) is 16.7 Å². The fraction of sp³-hybridized carbons (Fsp3) is 0.450. The summed E-state index contributed by atoms with van der Waals surface area (Å²) in [5.74, 6) is -0.392. The molecule has 9 nitrogen and oxygen atoms in total. The van der Waals surface area contributed by atoms with Gasteiger partial charge in [-0.3, -0.25) is 29.5 Å². The molecule has 4 fully saturated rings. The molecule has 5 heterocycles. The Bertz CT molecular complexity index is 1100. The van der Waals surface area contributed by atoms with Crippen molar-refractivity contribution in [2.24, 2.45) is 4.99 Å². The molecule has 4 aliphatic rings. The van der Waals surface area contributed by atoms with Gasteiger partial charge in [-0.2, -0.15) is 0 Å². The number of aliphatic imine (C=N–C) groups is 1. The number of aromatic hydroxyl groups is 1. The zero-order chi connectivity index (χ0) is 20.3. The number of rotatable bonds is 3. The van der Waals surface area contributed by atoms with E-state index in [0.29, 0.717) is 5.69 Å². The summed E-state index contributed by atoms with van der Waals surface area (Å²) >= 11 is 0. The molecule has 4 bridgehead atoms. The van der Waals surface area contributed by atoms with Crippen molar-refractivity contribution < 1.29 is 5.11 Å². The molecule has 2 aromatic rings. The second-order valence-electron chi connectivity index (χ2n) is 8.49. The van der Waals surface area contributed by atoms with Crippen LogP contribution >= 0.6 is 0 Å². The maximum atomic E-state index is 12.4. The van der Waals surface area contributed by atoms with Crippen molar-refractivity contribution in [3.8, 4) is 11.6 Å². The molecule has 1 aromatic carbocycles. The number of aryl methyl sites for hydroxylation is 2. The van der Waals surface area contributed by atoms with E-state index >= 15 is 0 Å². The standard InChI is InChI=1S/C20H24N6O3/c1-13-3-4-15(5-14(13)2)26-18(28)16(17(27)22-19(26)29)6-21-20-7-23-10-24(8-20)12-25(9-20)11-23/h3-6,28H,7-12H2,1-2H3,(H,22,27,29). The van der Waals surface area contributed by atoms with Crippen molar-refractivity contribution in [3.05, 3.63) is 55.7 Å². The summed E-state index contributed by atoms with van der Waals surface area (Å²) < 4.78 is 1.12. The second-order valence-corrected chi connectivity index (χ2v) is 8.49. The van der Waals surface area contributed by atoms with Crippen LogP contribution in [0.2, 0.25) is 0 Å². The monoisotopic (exact) mass is 396 g/mol. The van der Waals surface area contributed by atoms with E-state index in [2.05, 4.69) is 19.7 Å². The van der Waals surface area contributed by atoms with Crippen LogP contribution < -0.4 is 11.2 Å². The van der Waals surface area contributed by atoms with E-state index in [1.165, 1.54) is 6.21 Å². The Labute approximate surface area is 167 Å². The number of nitrogens with one attached hydrogen (secondary N) is 1. The average Bonchev–Trinajstić information content (AvgIpc) is 2.63. The summed E-state index contributed by atoms with van der Waals surface area (Å²) in [6.45, 7) is 9.21. The summed E-state index contributed by atoms with van der Waals surface area (Å²) in [6.07, 6.45) is 1.43. The van der Waals surface area contributed by atoms with Gasteiger partial charge in [-0.15, -0.1) is 0 Å². The van der Waals surface area contributed by atoms with Crippen LogP contribution in [0.4, 0.5) is 0 Å². The van der Waals surface area contributed by atoms with E-state index in [9.17, 15) is 14.7 Å². The quantitative estimate of drug-likeness (QED) is 0.699. The normalized spacial score (nSPS) is 30.3. The van der Waals surface area contributed by atoms with Crippen LogP contribution in [-0.4, -0.2) is 80.8 Å². The first kappa shape index (κ1) is 18.3. The molecule has 4 aliphatic heterocycles. The Hall–Kier alpha value is -2.75. The highest BCUT2D eigenvalue weighted by atomic mass is 16.3. The number of hydrogen-bond donors (Lipinski definition) is 2. The molecule has 0 spiro atoms. The third kappa shape index (κ3) is 3.02. The maximum absolute atomic E-state index is 12.4. The Kier molecular flexibility index (Phi) is 4.02. The number of nitrogens with zero attached hydrogens (tertiary/aromatic N) is 5. The summed E-state index contributed by atoms with van der Waals surface area (Å²) in [7, 11) is 0. The molecule has 1 aromatic heterocycles. The van der Waals surface area contributed by atoms with Crippen molar-refractivity contribution in [2.75, 3.05) is 39.6 Å². The lowest BCUT2D eigenvalue weighted by Gasteiger charge is -2.59. The van der Waals surface area contributed by atoms with E-state index in [4.69, 9.17) is 4.99 Å². The molecular weight excluding hydrogens is 372 g/mol. The average molecular weight is 396 g/mol. The third-order valence-electron chi connectivity index (χ3n) is 6.09. The lowest BCUT2D eigenvalue weighted by Crippen LogP contribution is -2.75. The van der Waals surface area contributed by atoms with Gasteiger partial charge in [-0.25, -0.2) is 9.36 Å². The smallest absolute Gasteiger partial charge is 0.335 e. The number of hydrogen-bond acceptors (Lipinski definition) is 7. The van der Waals surface area contributed by atoms with Crippen molar-refractivity contribution >= 4 is 6.21 Å². The Morgan fingerprint density at radius 1 is 1.03 bits per heavy atom. The largest absolute Gasteiger partial charge is 0.493 e. The van der Waals surface area contributed by atoms with Crippen LogP contribution in [0.3, 0.4) is 0 Å². The van der Waals surface area contributed by atoms with E-state index < -0.39 is 17.1 Å². The lowest BCUT2D eigenvalue weighted by atomic mass is 9.92. The fourth-order valence-corrected chi connectivity index (χ4v) is 4.76. The minimum Gasteiger partial charge on any atom is -0.493 e. The number of benzene rings is 1. The number of H-pyrrole nitrogens is 1. The topological polar surface area (TPSA) is 97.2 Å². The molecule has 0 unspecified atom stereocenters. The molecule has 0 saturated carbocycles. The summed E-state index contributed by atoms with van der Waals surface area (Å²) in [6, 6.07) is 5.43. The van der Waals surface area contributed by atoms with Crippen molar-refractivity contribution in [1.29, 1.82) is 0 Å². The van der Waals surface area contributed by atoms with Crippen molar-refractivity contribution in [3.63, 3.8) is 0 Å². The first-order chi connectivity index (χ1) is 13.8. The van der Waals surface area contributed by atoms with E-state index in [0.717, 1.165) is 55.3 Å². The second kappa shape index (κ2) is 6.38. The van der Waals surface area contributed by atoms with Gasteiger partial charge in [-0.05, 0) is 37.1 Å². The zero-order valence-electron chi connectivity index (χ0n) is 16.6. The van der Waals surface area contributed by atoms with E-state index in [-0.39, 0.29) is 11.1 Å². The van der Waals surface area contributed by atoms with E-state index in [1.54, 1.807) is 6.07 Å². The molecule has 0 amide bonds. The van der Waals surface area contributed by atoms with E-state index in [1.807, 2.05) is 26.0 Å². The highest BCUT2D eigenvalue weighted by molar-refractivity contribution is 5.82. The van der Waals surface area contributed by atoms with Gasteiger partial charge in [0, 0.05) is 25.8 Å². The van der Waals surface area contributed by atoms with Gasteiger partial charge < -0.3 is 5.11 Å². The molecule has 2 N–H and O–H groups in total. The first-order valence-corrected chi connectivity index (χ1v) is 9.72. The molecule has 0 aliphatic carbocycles. The molecule has 6 rings (SSSR count). The predicted molar refractivity (Wildman–Crippen MR) is 109 cm³/mol. The van der Waals surface area contributed by atoms with Gasteiger partial charge in [0.05, 0.1) is 31.2 Å². The first-order valence-electron chi connectivity index (χ1n) is 9.72. The summed E-state index contributed by atoms with van der Waals surface area (Å²) in [4.78, 5) is 38.9. The van der Waals surface area contributed by atoms with Gasteiger partial charge in [0.2, 0.25) is 5.88 Å². The predicted octanol–water partition coefficient (Wildman–Crippen LogP) is -0.175. The lowest BCUT2D eigenvalue weighted by molar-refractivity contribution is -0.139. The van der Waals surface area contributed by atoms with Gasteiger partial charge in [0.25, 0.3) is 5.56 Å². The fourth-order valence-electron chi connectivity index (χ4n) is 4.76. The third-order valence-corrected chi connectivity index (χ3v) is 6.09. The van der Waals surface area contributed by atoms with Crippen LogP contribution in [-0.2, 0) is 0 Å². The highest BCUT2D eigenvalue weighted by Crippen LogP contribution is 2.31. The Morgan fingerprint density at radius 2 is 1.66 bits per heavy atom. The number of aromatic amines is 1. The molecular formula is C20H24N6O3. The molecule has 29 heavy (non-hydrogen) atoms. The zero-order valence-corrected chi connectivity index (χ0v) is 16.6. The molecule has 9 heteroatoms. The molecule has 4 saturated heterocycles. The Balaban J connectivity index is 1.56. The summed E-state index contributed by atoms with van der Waals surface area (Å²) in [5, 5.41) is 10.8. The van der Waals surface area contributed by atoms with Crippen LogP contribution in [0.25, 0.3) is 5.69 Å². The van der Waals surface area contributed by atoms with Gasteiger partial charge >= 0.3 is 5.69 Å². The number of aromatic nitrogens is 2. The van der Waals surface area contributed by atoms with Crippen LogP contribution in [0, 0.1) is 13.8 Å². The van der Waals surface area contributed by atoms with Gasteiger partial charge in [0.15, 0.2) is 0 Å². The Morgan fingerprint density at radius 3 is 2.24 bits per heavy atom. The summed E-state index contributed by atoms with van der Waals surface area (Å²) in [5.41, 5.74) is 0.927. The molecule has 0 radical (unpaired) electrons. The van der Waals surface area contributed by atoms with Gasteiger partial charge in [0.1, 0.15) is 5.56 Å². The van der Waals surface area contributed by atoms with Crippen molar-refractivity contribution in [1.82, 2.24) is 24.3 Å². The highest BCUT2D eigenvalue weighted by Gasteiger charge is 2.48. The minimum atomic E-state index is -0.675.